The van der Waals surface area contributed by atoms with Gasteiger partial charge in [-0.1, -0.05) is 15.9 Å². The second-order valence-electron chi connectivity index (χ2n) is 8.38. The normalized spacial score (nSPS) is 10.4. The van der Waals surface area contributed by atoms with Gasteiger partial charge in [-0.2, -0.15) is 0 Å². The number of benzene rings is 4. The molecule has 198 valence electrons. The summed E-state index contributed by atoms with van der Waals surface area (Å²) in [6, 6.07) is 22.5. The lowest BCUT2D eigenvalue weighted by molar-refractivity contribution is -0.384. The van der Waals surface area contributed by atoms with Gasteiger partial charge in [-0.05, 0) is 131 Å². The summed E-state index contributed by atoms with van der Waals surface area (Å²) in [5, 5.41) is 36.0. The molecule has 0 unspecified atom stereocenters. The van der Waals surface area contributed by atoms with Crippen molar-refractivity contribution in [2.45, 2.75) is 27.1 Å². The van der Waals surface area contributed by atoms with Crippen molar-refractivity contribution in [1.82, 2.24) is 0 Å². The first-order chi connectivity index (χ1) is 18.1. The van der Waals surface area contributed by atoms with Crippen molar-refractivity contribution in [3.05, 3.63) is 117 Å². The maximum Gasteiger partial charge on any atom is 0.269 e. The first kappa shape index (κ1) is 30.3. The summed E-state index contributed by atoms with van der Waals surface area (Å²) < 4.78 is 3.32. The number of rotatable bonds is 7. The molecule has 0 aliphatic rings. The van der Waals surface area contributed by atoms with Crippen LogP contribution in [0.15, 0.2) is 77.3 Å². The number of aliphatic hydroxyl groups excluding tert-OH is 2. The number of aryl methyl sites for hydroxylation is 2. The number of anilines is 4. The number of non-ortho nitro benzene ring substituents is 1. The molecule has 0 heterocycles. The standard InChI is InChI=1S/C14H13BrINO.C14H13IN2O3/c1-9-6-12(16)3-5-13(9)17-14-4-2-11(15)7-10(14)8-18;1-9-6-11(15)2-4-13(9)16-14-5-3-12(17(19)20)7-10(14)8-18/h2-7,17-18H,8H2,1H3;2-7,16,18H,8H2,1H3. The average Bonchev–Trinajstić information content (AvgIpc) is 2.88. The number of nitro groups is 1. The van der Waals surface area contributed by atoms with Crippen LogP contribution in [-0.2, 0) is 13.2 Å². The summed E-state index contributed by atoms with van der Waals surface area (Å²) in [6.45, 7) is 3.81. The minimum Gasteiger partial charge on any atom is -0.392 e. The van der Waals surface area contributed by atoms with Crippen LogP contribution in [0.2, 0.25) is 0 Å². The van der Waals surface area contributed by atoms with Crippen LogP contribution in [0.25, 0.3) is 0 Å². The Bertz CT molecular complexity index is 1450. The largest absolute Gasteiger partial charge is 0.392 e. The van der Waals surface area contributed by atoms with Crippen molar-refractivity contribution in [3.63, 3.8) is 0 Å². The Hall–Kier alpha value is -2.26. The Morgan fingerprint density at radius 1 is 0.737 bits per heavy atom. The van der Waals surface area contributed by atoms with Gasteiger partial charge in [-0.3, -0.25) is 10.1 Å². The average molecular weight is 802 g/mol. The predicted octanol–water partition coefficient (Wildman–Crippen LogP) is 8.34. The van der Waals surface area contributed by atoms with E-state index in [1.807, 2.05) is 43.3 Å². The molecule has 0 bridgehead atoms. The van der Waals surface area contributed by atoms with Gasteiger partial charge in [-0.15, -0.1) is 0 Å². The van der Waals surface area contributed by atoms with Gasteiger partial charge in [0.15, 0.2) is 0 Å². The van der Waals surface area contributed by atoms with Gasteiger partial charge in [0.25, 0.3) is 5.69 Å². The van der Waals surface area contributed by atoms with Gasteiger partial charge < -0.3 is 20.8 Å². The SMILES string of the molecule is Cc1cc(I)ccc1Nc1ccc(Br)cc1CO.Cc1cc(I)ccc1Nc1ccc([N+](=O)[O-])cc1CO. The van der Waals surface area contributed by atoms with E-state index in [1.165, 1.54) is 21.3 Å². The molecule has 38 heavy (non-hydrogen) atoms. The van der Waals surface area contributed by atoms with Gasteiger partial charge >= 0.3 is 0 Å². The van der Waals surface area contributed by atoms with Crippen molar-refractivity contribution < 1.29 is 15.1 Å². The summed E-state index contributed by atoms with van der Waals surface area (Å²) in [5.74, 6) is 0. The molecule has 4 N–H and O–H groups in total. The maximum atomic E-state index is 10.7. The molecule has 10 heteroatoms. The Morgan fingerprint density at radius 2 is 1.18 bits per heavy atom. The van der Waals surface area contributed by atoms with E-state index in [0.29, 0.717) is 11.3 Å². The van der Waals surface area contributed by atoms with E-state index < -0.39 is 4.92 Å². The highest BCUT2D eigenvalue weighted by atomic mass is 127. The minimum absolute atomic E-state index is 0.0190. The summed E-state index contributed by atoms with van der Waals surface area (Å²) in [5.41, 5.74) is 7.18. The molecule has 0 atom stereocenters. The van der Waals surface area contributed by atoms with Crippen molar-refractivity contribution in [2.75, 3.05) is 10.6 Å². The van der Waals surface area contributed by atoms with Crippen LogP contribution in [0, 0.1) is 31.1 Å². The molecule has 0 spiro atoms. The van der Waals surface area contributed by atoms with Crippen LogP contribution < -0.4 is 10.6 Å². The Morgan fingerprint density at radius 3 is 1.63 bits per heavy atom. The Balaban J connectivity index is 0.000000212. The molecule has 0 radical (unpaired) electrons. The second-order valence-corrected chi connectivity index (χ2v) is 11.8. The lowest BCUT2D eigenvalue weighted by Gasteiger charge is -2.13. The van der Waals surface area contributed by atoms with E-state index in [4.69, 9.17) is 0 Å². The molecule has 4 aromatic rings. The zero-order valence-corrected chi connectivity index (χ0v) is 26.5. The topological polar surface area (TPSA) is 108 Å². The number of halogens is 3. The van der Waals surface area contributed by atoms with Crippen LogP contribution in [-0.4, -0.2) is 15.1 Å². The molecule has 0 saturated carbocycles. The monoisotopic (exact) mass is 801 g/mol. The third-order valence-corrected chi connectivity index (χ3v) is 7.46. The highest BCUT2D eigenvalue weighted by molar-refractivity contribution is 14.1. The molecular weight excluding hydrogens is 776 g/mol. The van der Waals surface area contributed by atoms with Crippen LogP contribution in [0.3, 0.4) is 0 Å². The van der Waals surface area contributed by atoms with Gasteiger partial charge in [0.05, 0.1) is 18.1 Å². The third kappa shape index (κ3) is 8.37. The fourth-order valence-corrected chi connectivity index (χ4v) is 5.29. The van der Waals surface area contributed by atoms with Crippen LogP contribution in [0.1, 0.15) is 22.3 Å². The van der Waals surface area contributed by atoms with E-state index in [1.54, 1.807) is 6.07 Å². The summed E-state index contributed by atoms with van der Waals surface area (Å²) in [7, 11) is 0. The summed E-state index contributed by atoms with van der Waals surface area (Å²) in [4.78, 5) is 10.3. The van der Waals surface area contributed by atoms with E-state index >= 15 is 0 Å². The van der Waals surface area contributed by atoms with Crippen LogP contribution in [0.5, 0.6) is 0 Å². The Labute approximate surface area is 257 Å². The molecule has 0 aliphatic heterocycles. The lowest BCUT2D eigenvalue weighted by Crippen LogP contribution is -1.99. The van der Waals surface area contributed by atoms with Crippen molar-refractivity contribution in [2.24, 2.45) is 0 Å². The molecule has 0 saturated heterocycles. The highest BCUT2D eigenvalue weighted by Gasteiger charge is 2.11. The molecule has 0 aromatic heterocycles. The maximum absolute atomic E-state index is 10.7. The van der Waals surface area contributed by atoms with E-state index in [-0.39, 0.29) is 18.9 Å². The minimum atomic E-state index is -0.473. The molecule has 0 fully saturated rings. The second kappa shape index (κ2) is 14.2. The van der Waals surface area contributed by atoms with Gasteiger partial charge in [-0.25, -0.2) is 0 Å². The zero-order chi connectivity index (χ0) is 27.8. The zero-order valence-electron chi connectivity index (χ0n) is 20.6. The van der Waals surface area contributed by atoms with E-state index in [0.717, 1.165) is 36.2 Å². The third-order valence-electron chi connectivity index (χ3n) is 5.62. The van der Waals surface area contributed by atoms with Gasteiger partial charge in [0, 0.05) is 57.6 Å². The number of nitrogens with zero attached hydrogens (tertiary/aromatic N) is 1. The predicted molar refractivity (Wildman–Crippen MR) is 173 cm³/mol. The van der Waals surface area contributed by atoms with Crippen LogP contribution >= 0.6 is 61.1 Å². The summed E-state index contributed by atoms with van der Waals surface area (Å²) >= 11 is 7.94. The smallest absolute Gasteiger partial charge is 0.269 e. The van der Waals surface area contributed by atoms with Gasteiger partial charge in [0.1, 0.15) is 0 Å². The van der Waals surface area contributed by atoms with Crippen molar-refractivity contribution in [3.8, 4) is 0 Å². The number of hydrogen-bond acceptors (Lipinski definition) is 6. The quantitative estimate of drug-likeness (QED) is 0.0851. The molecule has 7 nitrogen and oxygen atoms in total. The van der Waals surface area contributed by atoms with E-state index in [9.17, 15) is 20.3 Å². The molecular formula is C28H26BrI2N3O4. The van der Waals surface area contributed by atoms with Crippen molar-refractivity contribution in [1.29, 1.82) is 0 Å². The Kier molecular flexibility index (Phi) is 11.3. The molecule has 4 aromatic carbocycles. The number of nitro benzene ring substituents is 1. The van der Waals surface area contributed by atoms with E-state index in [2.05, 4.69) is 96.9 Å². The number of aliphatic hydroxyl groups is 2. The first-order valence-corrected chi connectivity index (χ1v) is 14.4. The number of hydrogen-bond donors (Lipinski definition) is 4. The molecule has 0 amide bonds. The fraction of sp³-hybridized carbons (Fsp3) is 0.143. The summed E-state index contributed by atoms with van der Waals surface area (Å²) in [6.07, 6.45) is 0. The molecule has 0 aliphatic carbocycles. The van der Waals surface area contributed by atoms with Crippen molar-refractivity contribution >= 4 is 89.5 Å². The lowest BCUT2D eigenvalue weighted by atomic mass is 10.1. The number of nitrogens with one attached hydrogen (secondary N) is 2. The first-order valence-electron chi connectivity index (χ1n) is 11.4. The fourth-order valence-electron chi connectivity index (χ4n) is 3.59. The molecule has 4 rings (SSSR count). The van der Waals surface area contributed by atoms with Crippen LogP contribution in [0.4, 0.5) is 28.4 Å². The van der Waals surface area contributed by atoms with Gasteiger partial charge in [0.2, 0.25) is 0 Å². The highest BCUT2D eigenvalue weighted by Crippen LogP contribution is 2.29.